The third kappa shape index (κ3) is 4.97. The topological polar surface area (TPSA) is 117 Å². The number of fused-ring (bicyclic) bond motifs is 1. The van der Waals surface area contributed by atoms with Gasteiger partial charge in [0.1, 0.15) is 24.9 Å². The molecule has 10 nitrogen and oxygen atoms in total. The van der Waals surface area contributed by atoms with Crippen LogP contribution in [-0.4, -0.2) is 55.4 Å². The van der Waals surface area contributed by atoms with Crippen molar-refractivity contribution in [2.45, 2.75) is 50.9 Å². The Hall–Kier alpha value is -4.45. The zero-order valence-corrected chi connectivity index (χ0v) is 22.0. The number of hydrogen-bond donors (Lipinski definition) is 1. The Morgan fingerprint density at radius 1 is 1.07 bits per heavy atom. The normalized spacial score (nSPS) is 24.1. The summed E-state index contributed by atoms with van der Waals surface area (Å²) in [5.74, 6) is -1.31. The van der Waals surface area contributed by atoms with Gasteiger partial charge in [-0.15, -0.1) is 0 Å². The van der Waals surface area contributed by atoms with Crippen LogP contribution in [0.1, 0.15) is 42.9 Å². The summed E-state index contributed by atoms with van der Waals surface area (Å²) in [6, 6.07) is 14.3. The molecule has 1 fully saturated rings. The Bertz CT molecular complexity index is 1530. The third-order valence-electron chi connectivity index (χ3n) is 7.06. The summed E-state index contributed by atoms with van der Waals surface area (Å²) in [7, 11) is 0. The van der Waals surface area contributed by atoms with E-state index in [0.717, 1.165) is 5.56 Å². The minimum atomic E-state index is -2.30. The lowest BCUT2D eigenvalue weighted by Gasteiger charge is -2.36. The van der Waals surface area contributed by atoms with E-state index in [1.165, 1.54) is 50.1 Å². The van der Waals surface area contributed by atoms with Gasteiger partial charge in [-0.2, -0.15) is 0 Å². The van der Waals surface area contributed by atoms with Crippen LogP contribution < -0.4 is 5.32 Å². The van der Waals surface area contributed by atoms with Crippen molar-refractivity contribution in [2.24, 2.45) is 0 Å². The molecule has 0 unspecified atom stereocenters. The molecule has 1 N–H and O–H groups in total. The van der Waals surface area contributed by atoms with E-state index < -0.39 is 35.5 Å². The second-order valence-corrected chi connectivity index (χ2v) is 9.74. The molecule has 0 bridgehead atoms. The second-order valence-electron chi connectivity index (χ2n) is 9.74. The van der Waals surface area contributed by atoms with Crippen LogP contribution in [0.25, 0.3) is 11.2 Å². The van der Waals surface area contributed by atoms with Gasteiger partial charge in [0.15, 0.2) is 34.5 Å². The van der Waals surface area contributed by atoms with Crippen LogP contribution in [0, 0.1) is 5.82 Å². The fourth-order valence-electron chi connectivity index (χ4n) is 4.71. The number of aromatic nitrogens is 4. The highest BCUT2D eigenvalue weighted by molar-refractivity contribution is 5.89. The van der Waals surface area contributed by atoms with Crippen LogP contribution in [-0.2, 0) is 25.5 Å². The first-order valence-electron chi connectivity index (χ1n) is 12.5. The quantitative estimate of drug-likeness (QED) is 0.318. The first-order valence-corrected chi connectivity index (χ1v) is 12.5. The zero-order chi connectivity index (χ0) is 28.5. The van der Waals surface area contributed by atoms with Gasteiger partial charge in [-0.1, -0.05) is 30.3 Å². The van der Waals surface area contributed by atoms with Crippen molar-refractivity contribution in [3.05, 3.63) is 84.2 Å². The van der Waals surface area contributed by atoms with E-state index in [4.69, 9.17) is 14.2 Å². The molecule has 4 atom stereocenters. The van der Waals surface area contributed by atoms with Gasteiger partial charge in [0.25, 0.3) is 0 Å². The lowest BCUT2D eigenvalue weighted by Crippen LogP contribution is -2.55. The number of alkyl halides is 1. The van der Waals surface area contributed by atoms with Gasteiger partial charge in [0.2, 0.25) is 0 Å². The number of anilines is 1. The number of hydrogen-bond acceptors (Lipinski definition) is 9. The fourth-order valence-corrected chi connectivity index (χ4v) is 4.71. The molecule has 2 aromatic heterocycles. The second kappa shape index (κ2) is 10.6. The van der Waals surface area contributed by atoms with Crippen LogP contribution in [0.3, 0.4) is 0 Å². The third-order valence-corrected chi connectivity index (χ3v) is 7.06. The number of imidazole rings is 1. The van der Waals surface area contributed by atoms with Gasteiger partial charge in [0, 0.05) is 13.5 Å². The van der Waals surface area contributed by atoms with Gasteiger partial charge in [0.05, 0.1) is 11.9 Å². The molecule has 208 valence electrons. The lowest BCUT2D eigenvalue weighted by molar-refractivity contribution is -0.175. The maximum Gasteiger partial charge on any atom is 0.338 e. The van der Waals surface area contributed by atoms with Gasteiger partial charge >= 0.3 is 11.9 Å². The van der Waals surface area contributed by atoms with Crippen LogP contribution in [0.4, 0.5) is 14.6 Å². The highest BCUT2D eigenvalue weighted by Crippen LogP contribution is 2.51. The van der Waals surface area contributed by atoms with E-state index in [0.29, 0.717) is 23.4 Å². The minimum Gasteiger partial charge on any atom is -0.459 e. The summed E-state index contributed by atoms with van der Waals surface area (Å²) in [5.41, 5.74) is -2.40. The van der Waals surface area contributed by atoms with Gasteiger partial charge in [-0.05, 0) is 43.7 Å². The molecular weight excluding hydrogens is 524 g/mol. The Morgan fingerprint density at radius 3 is 2.50 bits per heavy atom. The number of carbonyl (C=O) groups excluding carboxylic acids is 2. The van der Waals surface area contributed by atoms with Crippen molar-refractivity contribution in [3.63, 3.8) is 0 Å². The fraction of sp³-hybridized carbons (Fsp3) is 0.321. The van der Waals surface area contributed by atoms with Gasteiger partial charge < -0.3 is 19.5 Å². The van der Waals surface area contributed by atoms with E-state index in [9.17, 15) is 14.0 Å². The summed E-state index contributed by atoms with van der Waals surface area (Å²) in [6.45, 7) is 3.78. The molecule has 40 heavy (non-hydrogen) atoms. The smallest absolute Gasteiger partial charge is 0.338 e. The van der Waals surface area contributed by atoms with Crippen LogP contribution in [0.2, 0.25) is 0 Å². The number of nitrogens with one attached hydrogen (secondary N) is 1. The van der Waals surface area contributed by atoms with Crippen molar-refractivity contribution in [2.75, 3.05) is 11.9 Å². The van der Waals surface area contributed by atoms with Crippen LogP contribution >= 0.6 is 0 Å². The molecule has 1 saturated heterocycles. The van der Waals surface area contributed by atoms with Gasteiger partial charge in [-0.3, -0.25) is 9.36 Å². The summed E-state index contributed by atoms with van der Waals surface area (Å²) < 4.78 is 48.3. The predicted molar refractivity (Wildman–Crippen MR) is 139 cm³/mol. The number of halogens is 2. The van der Waals surface area contributed by atoms with Crippen molar-refractivity contribution >= 4 is 28.9 Å². The molecular formula is C28H27F2N5O5. The minimum absolute atomic E-state index is 0.262. The summed E-state index contributed by atoms with van der Waals surface area (Å²) in [6.07, 6.45) is 0.154. The maximum absolute atomic E-state index is 16.7. The van der Waals surface area contributed by atoms with Crippen molar-refractivity contribution in [3.8, 4) is 0 Å². The Kier molecular flexibility index (Phi) is 7.19. The Balaban J connectivity index is 1.42. The number of benzene rings is 2. The molecule has 1 aliphatic rings. The molecule has 12 heteroatoms. The largest absolute Gasteiger partial charge is 0.459 e. The molecule has 0 spiro atoms. The van der Waals surface area contributed by atoms with E-state index >= 15 is 4.39 Å². The summed E-state index contributed by atoms with van der Waals surface area (Å²) in [5, 5.41) is 3.14. The Morgan fingerprint density at radius 2 is 1.80 bits per heavy atom. The summed E-state index contributed by atoms with van der Waals surface area (Å²) in [4.78, 5) is 37.5. The molecule has 1 aliphatic heterocycles. The molecule has 0 aliphatic carbocycles. The first kappa shape index (κ1) is 27.1. The average molecular weight is 552 g/mol. The number of rotatable bonds is 8. The maximum atomic E-state index is 16.7. The summed E-state index contributed by atoms with van der Waals surface area (Å²) >= 11 is 0. The lowest BCUT2D eigenvalue weighted by atomic mass is 9.84. The van der Waals surface area contributed by atoms with Crippen molar-refractivity contribution < 1.29 is 32.6 Å². The standard InChI is InChI=1S/C28H27F2N5O5/c1-17(36)40-28(3)21(14-38-25(37)19-7-5-4-6-8-19)39-26(27(28,2)30)35-16-34-22-23(32-15-33-24(22)35)31-13-18-9-11-20(29)12-10-18/h4-12,15-16,21,26H,13-14H2,1-3H3,(H,31,32,33)/t21-,26-,27+,28-/m1/s1. The first-order chi connectivity index (χ1) is 19.1. The highest BCUT2D eigenvalue weighted by Gasteiger charge is 2.66. The number of carbonyl (C=O) groups is 2. The molecule has 3 heterocycles. The highest BCUT2D eigenvalue weighted by atomic mass is 19.1. The molecule has 0 saturated carbocycles. The number of esters is 2. The van der Waals surface area contributed by atoms with E-state index in [2.05, 4.69) is 20.3 Å². The zero-order valence-electron chi connectivity index (χ0n) is 22.0. The number of ether oxygens (including phenoxy) is 3. The van der Waals surface area contributed by atoms with E-state index in [-0.39, 0.29) is 18.1 Å². The van der Waals surface area contributed by atoms with E-state index in [1.807, 2.05) is 0 Å². The molecule has 0 amide bonds. The van der Waals surface area contributed by atoms with Crippen LogP contribution in [0.5, 0.6) is 0 Å². The number of nitrogens with zero attached hydrogens (tertiary/aromatic N) is 4. The van der Waals surface area contributed by atoms with Crippen molar-refractivity contribution in [1.82, 2.24) is 19.5 Å². The van der Waals surface area contributed by atoms with Crippen molar-refractivity contribution in [1.29, 1.82) is 0 Å². The predicted octanol–water partition coefficient (Wildman–Crippen LogP) is 4.38. The molecule has 0 radical (unpaired) electrons. The average Bonchev–Trinajstić information content (AvgIpc) is 3.44. The monoisotopic (exact) mass is 551 g/mol. The van der Waals surface area contributed by atoms with Crippen LogP contribution in [0.15, 0.2) is 67.3 Å². The Labute approximate surface area is 228 Å². The molecule has 2 aromatic carbocycles. The van der Waals surface area contributed by atoms with Gasteiger partial charge in [-0.25, -0.2) is 28.5 Å². The van der Waals surface area contributed by atoms with E-state index in [1.54, 1.807) is 42.5 Å². The molecule has 4 aromatic rings. The molecule has 5 rings (SSSR count). The SMILES string of the molecule is CC(=O)O[C@]1(C)[C@@H](COC(=O)c2ccccc2)O[C@@H](n2cnc3c(NCc4ccc(F)cc4)ncnc32)[C@]1(C)F.